The Morgan fingerprint density at radius 3 is 1.67 bits per heavy atom. The van der Waals surface area contributed by atoms with Crippen LogP contribution in [0.5, 0.6) is 0 Å². The lowest BCUT2D eigenvalue weighted by Crippen LogP contribution is -2.51. The average molecular weight is 440 g/mol. The van der Waals surface area contributed by atoms with Gasteiger partial charge in [0, 0.05) is 39.1 Å². The number of imide groups is 1. The number of piperazine rings is 1. The Balaban J connectivity index is 1.31. The van der Waals surface area contributed by atoms with Crippen LogP contribution in [-0.2, 0) is 21.5 Å². The van der Waals surface area contributed by atoms with Crippen molar-refractivity contribution in [2.24, 2.45) is 0 Å². The summed E-state index contributed by atoms with van der Waals surface area (Å²) in [7, 11) is 0. The van der Waals surface area contributed by atoms with E-state index in [0.29, 0.717) is 6.67 Å². The highest BCUT2D eigenvalue weighted by Crippen LogP contribution is 2.42. The van der Waals surface area contributed by atoms with Crippen LogP contribution in [0.25, 0.3) is 0 Å². The van der Waals surface area contributed by atoms with Gasteiger partial charge in [0.15, 0.2) is 0 Å². The lowest BCUT2D eigenvalue weighted by atomic mass is 9.73. The van der Waals surface area contributed by atoms with Crippen LogP contribution < -0.4 is 0 Å². The minimum Gasteiger partial charge on any atom is -0.297 e. The van der Waals surface area contributed by atoms with Crippen LogP contribution >= 0.6 is 0 Å². The normalized spacial score (nSPS) is 19.2. The van der Waals surface area contributed by atoms with Crippen LogP contribution in [0.3, 0.4) is 0 Å². The highest BCUT2D eigenvalue weighted by atomic mass is 16.2. The summed E-state index contributed by atoms with van der Waals surface area (Å²) in [5, 5.41) is 0. The molecule has 2 aliphatic rings. The maximum absolute atomic E-state index is 13.9. The summed E-state index contributed by atoms with van der Waals surface area (Å²) < 4.78 is 0. The van der Waals surface area contributed by atoms with Crippen molar-refractivity contribution in [2.75, 3.05) is 32.8 Å². The first kappa shape index (κ1) is 21.6. The number of carbonyl (C=O) groups is 2. The van der Waals surface area contributed by atoms with Gasteiger partial charge < -0.3 is 0 Å². The summed E-state index contributed by atoms with van der Waals surface area (Å²) in [4.78, 5) is 33.2. The van der Waals surface area contributed by atoms with Crippen LogP contribution in [0.1, 0.15) is 23.1 Å². The van der Waals surface area contributed by atoms with Crippen LogP contribution in [-0.4, -0.2) is 59.4 Å². The molecule has 0 bridgehead atoms. The highest BCUT2D eigenvalue weighted by molar-refractivity contribution is 6.11. The van der Waals surface area contributed by atoms with E-state index in [-0.39, 0.29) is 18.2 Å². The molecule has 3 aromatic carbocycles. The Morgan fingerprint density at radius 1 is 0.636 bits per heavy atom. The SMILES string of the molecule is O=C1CC(c2ccccc2)(c2ccccc2)C(=O)N1CN1CCN(Cc2ccccc2)CC1. The van der Waals surface area contributed by atoms with E-state index in [4.69, 9.17) is 0 Å². The van der Waals surface area contributed by atoms with Crippen LogP contribution in [0.15, 0.2) is 91.0 Å². The van der Waals surface area contributed by atoms with Gasteiger partial charge in [-0.15, -0.1) is 0 Å². The number of carbonyl (C=O) groups excluding carboxylic acids is 2. The Hall–Kier alpha value is -3.28. The summed E-state index contributed by atoms with van der Waals surface area (Å²) >= 11 is 0. The van der Waals surface area contributed by atoms with Gasteiger partial charge in [0.2, 0.25) is 11.8 Å². The topological polar surface area (TPSA) is 43.9 Å². The van der Waals surface area contributed by atoms with Crippen LogP contribution in [0, 0.1) is 0 Å². The summed E-state index contributed by atoms with van der Waals surface area (Å²) in [6, 6.07) is 30.0. The van der Waals surface area contributed by atoms with Crippen molar-refractivity contribution < 1.29 is 9.59 Å². The number of likely N-dealkylation sites (tertiary alicyclic amines) is 1. The van der Waals surface area contributed by atoms with Crippen LogP contribution in [0.2, 0.25) is 0 Å². The molecule has 3 aromatic rings. The van der Waals surface area contributed by atoms with E-state index in [2.05, 4.69) is 34.1 Å². The van der Waals surface area contributed by atoms with Crippen LogP contribution in [0.4, 0.5) is 0 Å². The van der Waals surface area contributed by atoms with E-state index in [9.17, 15) is 9.59 Å². The molecule has 33 heavy (non-hydrogen) atoms. The standard InChI is InChI=1S/C28H29N3O2/c32-26-20-28(24-12-6-2-7-13-24,25-14-8-3-9-15-25)27(33)31(26)22-30-18-16-29(17-19-30)21-23-10-4-1-5-11-23/h1-15H,16-22H2. The number of nitrogens with zero attached hydrogens (tertiary/aromatic N) is 3. The minimum atomic E-state index is -0.950. The van der Waals surface area contributed by atoms with E-state index in [1.807, 2.05) is 66.7 Å². The molecule has 0 aliphatic carbocycles. The molecule has 0 saturated carbocycles. The monoisotopic (exact) mass is 439 g/mol. The Kier molecular flexibility index (Phi) is 6.07. The molecular formula is C28H29N3O2. The molecule has 5 rings (SSSR count). The highest BCUT2D eigenvalue weighted by Gasteiger charge is 2.54. The molecule has 0 N–H and O–H groups in total. The molecule has 2 saturated heterocycles. The number of amides is 2. The third-order valence-corrected chi connectivity index (χ3v) is 6.92. The largest absolute Gasteiger partial charge is 0.297 e. The fraction of sp³-hybridized carbons (Fsp3) is 0.286. The zero-order chi connectivity index (χ0) is 22.7. The van der Waals surface area contributed by atoms with Gasteiger partial charge in [0.05, 0.1) is 6.67 Å². The van der Waals surface area contributed by atoms with E-state index in [1.54, 1.807) is 0 Å². The van der Waals surface area contributed by atoms with Gasteiger partial charge in [-0.05, 0) is 16.7 Å². The molecular weight excluding hydrogens is 410 g/mol. The zero-order valence-corrected chi connectivity index (χ0v) is 18.8. The molecule has 0 atom stereocenters. The number of benzene rings is 3. The molecule has 2 amide bonds. The van der Waals surface area contributed by atoms with Crippen molar-refractivity contribution in [3.63, 3.8) is 0 Å². The molecule has 0 radical (unpaired) electrons. The summed E-state index contributed by atoms with van der Waals surface area (Å²) in [6.45, 7) is 4.82. The fourth-order valence-electron chi connectivity index (χ4n) is 5.08. The molecule has 5 nitrogen and oxygen atoms in total. The first-order chi connectivity index (χ1) is 16.2. The third kappa shape index (κ3) is 4.22. The number of hydrogen-bond acceptors (Lipinski definition) is 4. The molecule has 2 heterocycles. The van der Waals surface area contributed by atoms with Crippen molar-refractivity contribution in [3.8, 4) is 0 Å². The van der Waals surface area contributed by atoms with Crippen molar-refractivity contribution >= 4 is 11.8 Å². The fourth-order valence-corrected chi connectivity index (χ4v) is 5.08. The van der Waals surface area contributed by atoms with Gasteiger partial charge in [-0.3, -0.25) is 24.3 Å². The molecule has 0 spiro atoms. The number of rotatable bonds is 6. The van der Waals surface area contributed by atoms with E-state index < -0.39 is 5.41 Å². The lowest BCUT2D eigenvalue weighted by molar-refractivity contribution is -0.142. The van der Waals surface area contributed by atoms with E-state index in [1.165, 1.54) is 10.5 Å². The second-order valence-electron chi connectivity index (χ2n) is 8.96. The molecule has 2 fully saturated rings. The van der Waals surface area contributed by atoms with Gasteiger partial charge in [-0.25, -0.2) is 0 Å². The molecule has 0 aromatic heterocycles. The van der Waals surface area contributed by atoms with Crippen molar-refractivity contribution in [3.05, 3.63) is 108 Å². The van der Waals surface area contributed by atoms with Crippen molar-refractivity contribution in [1.82, 2.24) is 14.7 Å². The van der Waals surface area contributed by atoms with Crippen molar-refractivity contribution in [1.29, 1.82) is 0 Å². The first-order valence-corrected chi connectivity index (χ1v) is 11.6. The maximum atomic E-state index is 13.9. The van der Waals surface area contributed by atoms with Gasteiger partial charge in [-0.2, -0.15) is 0 Å². The summed E-state index contributed by atoms with van der Waals surface area (Å²) in [5.74, 6) is -0.212. The quantitative estimate of drug-likeness (QED) is 0.552. The molecule has 0 unspecified atom stereocenters. The minimum absolute atomic E-state index is 0.0978. The van der Waals surface area contributed by atoms with Crippen molar-refractivity contribution in [2.45, 2.75) is 18.4 Å². The second kappa shape index (κ2) is 9.30. The predicted octanol–water partition coefficient (Wildman–Crippen LogP) is 3.51. The van der Waals surface area contributed by atoms with Gasteiger partial charge in [0.1, 0.15) is 5.41 Å². The second-order valence-corrected chi connectivity index (χ2v) is 8.96. The van der Waals surface area contributed by atoms with E-state index in [0.717, 1.165) is 43.9 Å². The maximum Gasteiger partial charge on any atom is 0.245 e. The Labute approximate surface area is 195 Å². The van der Waals surface area contributed by atoms with Gasteiger partial charge >= 0.3 is 0 Å². The van der Waals surface area contributed by atoms with E-state index >= 15 is 0 Å². The average Bonchev–Trinajstić information content (AvgIpc) is 3.12. The number of hydrogen-bond donors (Lipinski definition) is 0. The Bertz CT molecular complexity index is 1050. The van der Waals surface area contributed by atoms with Gasteiger partial charge in [-0.1, -0.05) is 91.0 Å². The summed E-state index contributed by atoms with van der Waals surface area (Å²) in [6.07, 6.45) is 0.174. The molecule has 5 heteroatoms. The predicted molar refractivity (Wildman–Crippen MR) is 128 cm³/mol. The third-order valence-electron chi connectivity index (χ3n) is 6.92. The van der Waals surface area contributed by atoms with Gasteiger partial charge in [0.25, 0.3) is 0 Å². The zero-order valence-electron chi connectivity index (χ0n) is 18.8. The molecule has 168 valence electrons. The molecule has 2 aliphatic heterocycles. The first-order valence-electron chi connectivity index (χ1n) is 11.6. The lowest BCUT2D eigenvalue weighted by Gasteiger charge is -2.36. The summed E-state index contributed by atoms with van der Waals surface area (Å²) in [5.41, 5.74) is 2.12. The smallest absolute Gasteiger partial charge is 0.245 e. The Morgan fingerprint density at radius 2 is 1.12 bits per heavy atom.